The fraction of sp³-hybridized carbons (Fsp3) is 0.150. The first-order valence-corrected chi connectivity index (χ1v) is 8.03. The van der Waals surface area contributed by atoms with Crippen molar-refractivity contribution in [3.8, 4) is 28.8 Å². The summed E-state index contributed by atoms with van der Waals surface area (Å²) < 4.78 is 15.9. The summed E-state index contributed by atoms with van der Waals surface area (Å²) in [6.07, 6.45) is 0. The molecular weight excluding hydrogens is 332 g/mol. The van der Waals surface area contributed by atoms with E-state index in [-0.39, 0.29) is 11.5 Å². The van der Waals surface area contributed by atoms with Crippen molar-refractivity contribution in [1.29, 1.82) is 5.26 Å². The Kier molecular flexibility index (Phi) is 4.99. The molecular formula is C20H16N2O4. The van der Waals surface area contributed by atoms with Gasteiger partial charge in [-0.25, -0.2) is 4.79 Å². The Morgan fingerprint density at radius 1 is 1.15 bits per heavy atom. The summed E-state index contributed by atoms with van der Waals surface area (Å²) in [6, 6.07) is 15.8. The minimum absolute atomic E-state index is 0.0209. The van der Waals surface area contributed by atoms with E-state index in [1.54, 1.807) is 13.0 Å². The highest BCUT2D eigenvalue weighted by Crippen LogP contribution is 2.29. The Hall–Kier alpha value is -3.59. The molecule has 0 bridgehead atoms. The van der Waals surface area contributed by atoms with Crippen LogP contribution in [0.15, 0.2) is 53.1 Å². The van der Waals surface area contributed by atoms with Crippen molar-refractivity contribution in [3.63, 3.8) is 0 Å². The zero-order valence-corrected chi connectivity index (χ0v) is 14.4. The molecule has 2 aromatic carbocycles. The number of hydrogen-bond acceptors (Lipinski definition) is 6. The van der Waals surface area contributed by atoms with Crippen LogP contribution in [0.1, 0.15) is 28.6 Å². The maximum atomic E-state index is 12.3. The molecule has 0 saturated heterocycles. The molecule has 6 heteroatoms. The topological polar surface area (TPSA) is 85.4 Å². The summed E-state index contributed by atoms with van der Waals surface area (Å²) in [6.45, 7) is 4.16. The van der Waals surface area contributed by atoms with Crippen LogP contribution in [0.25, 0.3) is 11.3 Å². The molecule has 0 aliphatic rings. The number of hydrogen-bond donors (Lipinski definition) is 0. The molecule has 26 heavy (non-hydrogen) atoms. The smallest absolute Gasteiger partial charge is 0.382 e. The molecule has 0 N–H and O–H groups in total. The highest BCUT2D eigenvalue weighted by Gasteiger charge is 2.18. The summed E-state index contributed by atoms with van der Waals surface area (Å²) in [7, 11) is 0. The first-order chi connectivity index (χ1) is 12.6. The summed E-state index contributed by atoms with van der Waals surface area (Å²) >= 11 is 0. The van der Waals surface area contributed by atoms with E-state index in [1.807, 2.05) is 37.3 Å². The van der Waals surface area contributed by atoms with Gasteiger partial charge >= 0.3 is 5.97 Å². The van der Waals surface area contributed by atoms with Gasteiger partial charge in [0.05, 0.1) is 18.2 Å². The normalized spacial score (nSPS) is 10.2. The number of nitriles is 1. The molecule has 0 aliphatic heterocycles. The Balaban J connectivity index is 1.81. The Bertz CT molecular complexity index is 968. The van der Waals surface area contributed by atoms with Crippen molar-refractivity contribution in [1.82, 2.24) is 5.16 Å². The van der Waals surface area contributed by atoms with Gasteiger partial charge in [-0.1, -0.05) is 35.0 Å². The summed E-state index contributed by atoms with van der Waals surface area (Å²) in [5, 5.41) is 12.9. The van der Waals surface area contributed by atoms with E-state index in [4.69, 9.17) is 19.3 Å². The van der Waals surface area contributed by atoms with Crippen LogP contribution in [0.2, 0.25) is 0 Å². The lowest BCUT2D eigenvalue weighted by Crippen LogP contribution is -2.08. The molecule has 3 aromatic rings. The van der Waals surface area contributed by atoms with E-state index in [0.717, 1.165) is 11.1 Å². The predicted molar refractivity (Wildman–Crippen MR) is 94.0 cm³/mol. The molecule has 0 radical (unpaired) electrons. The molecule has 0 spiro atoms. The Labute approximate surface area is 150 Å². The van der Waals surface area contributed by atoms with E-state index < -0.39 is 5.97 Å². The SMILES string of the molecule is CCOc1cc(C#N)ccc1OC(=O)c1cc(-c2ccc(C)cc2)no1. The van der Waals surface area contributed by atoms with Crippen LogP contribution in [0, 0.1) is 18.3 Å². The zero-order valence-electron chi connectivity index (χ0n) is 14.4. The summed E-state index contributed by atoms with van der Waals surface area (Å²) in [5.41, 5.74) is 2.92. The molecule has 130 valence electrons. The molecule has 0 atom stereocenters. The quantitative estimate of drug-likeness (QED) is 0.509. The molecule has 1 aromatic heterocycles. The summed E-state index contributed by atoms with van der Waals surface area (Å²) in [4.78, 5) is 12.3. The molecule has 0 fully saturated rings. The number of esters is 1. The number of rotatable bonds is 5. The van der Waals surface area contributed by atoms with Gasteiger partial charge in [-0.2, -0.15) is 5.26 Å². The summed E-state index contributed by atoms with van der Waals surface area (Å²) in [5.74, 6) is -0.184. The molecule has 0 aliphatic carbocycles. The Morgan fingerprint density at radius 2 is 1.92 bits per heavy atom. The van der Waals surface area contributed by atoms with E-state index in [2.05, 4.69) is 5.16 Å². The Morgan fingerprint density at radius 3 is 2.62 bits per heavy atom. The van der Waals surface area contributed by atoms with Gasteiger partial charge in [-0.3, -0.25) is 0 Å². The molecule has 0 unspecified atom stereocenters. The van der Waals surface area contributed by atoms with Gasteiger partial charge < -0.3 is 14.0 Å². The first-order valence-electron chi connectivity index (χ1n) is 8.03. The predicted octanol–water partition coefficient (Wildman–Crippen LogP) is 4.14. The number of aryl methyl sites for hydroxylation is 1. The van der Waals surface area contributed by atoms with Crippen molar-refractivity contribution in [2.24, 2.45) is 0 Å². The second-order valence-electron chi connectivity index (χ2n) is 5.54. The zero-order chi connectivity index (χ0) is 18.5. The molecule has 0 amide bonds. The average molecular weight is 348 g/mol. The van der Waals surface area contributed by atoms with Gasteiger partial charge in [-0.05, 0) is 26.0 Å². The lowest BCUT2D eigenvalue weighted by molar-refractivity contribution is 0.0685. The number of ether oxygens (including phenoxy) is 2. The van der Waals surface area contributed by atoms with Crippen LogP contribution in [0.5, 0.6) is 11.5 Å². The highest BCUT2D eigenvalue weighted by atomic mass is 16.6. The van der Waals surface area contributed by atoms with Crippen LogP contribution in [0.3, 0.4) is 0 Å². The largest absolute Gasteiger partial charge is 0.490 e. The third-order valence-electron chi connectivity index (χ3n) is 3.63. The number of carbonyl (C=O) groups is 1. The van der Waals surface area contributed by atoms with Crippen LogP contribution in [-0.2, 0) is 0 Å². The van der Waals surface area contributed by atoms with E-state index in [9.17, 15) is 4.79 Å². The average Bonchev–Trinajstić information content (AvgIpc) is 3.14. The van der Waals surface area contributed by atoms with Crippen molar-refractivity contribution in [2.75, 3.05) is 6.61 Å². The highest BCUT2D eigenvalue weighted by molar-refractivity contribution is 5.89. The third-order valence-corrected chi connectivity index (χ3v) is 3.63. The number of aromatic nitrogens is 1. The van der Waals surface area contributed by atoms with Gasteiger partial charge in [-0.15, -0.1) is 0 Å². The van der Waals surface area contributed by atoms with Crippen molar-refractivity contribution in [2.45, 2.75) is 13.8 Å². The lowest BCUT2D eigenvalue weighted by Gasteiger charge is -2.09. The maximum Gasteiger partial charge on any atom is 0.382 e. The fourth-order valence-electron chi connectivity index (χ4n) is 2.31. The number of carbonyl (C=O) groups excluding carboxylic acids is 1. The van der Waals surface area contributed by atoms with Crippen LogP contribution < -0.4 is 9.47 Å². The molecule has 3 rings (SSSR count). The van der Waals surface area contributed by atoms with Crippen molar-refractivity contribution >= 4 is 5.97 Å². The van der Waals surface area contributed by atoms with Crippen LogP contribution in [0.4, 0.5) is 0 Å². The molecule has 1 heterocycles. The third kappa shape index (κ3) is 3.73. The fourth-order valence-corrected chi connectivity index (χ4v) is 2.31. The maximum absolute atomic E-state index is 12.3. The number of nitrogens with zero attached hydrogens (tertiary/aromatic N) is 2. The minimum atomic E-state index is -0.693. The second-order valence-corrected chi connectivity index (χ2v) is 5.54. The lowest BCUT2D eigenvalue weighted by atomic mass is 10.1. The second kappa shape index (κ2) is 7.53. The molecule has 0 saturated carbocycles. The van der Waals surface area contributed by atoms with Crippen LogP contribution >= 0.6 is 0 Å². The first kappa shape index (κ1) is 17.2. The van der Waals surface area contributed by atoms with Gasteiger partial charge in [0.15, 0.2) is 11.5 Å². The van der Waals surface area contributed by atoms with Crippen LogP contribution in [-0.4, -0.2) is 17.7 Å². The van der Waals surface area contributed by atoms with E-state index in [1.165, 1.54) is 18.2 Å². The van der Waals surface area contributed by atoms with Gasteiger partial charge in [0, 0.05) is 17.7 Å². The number of benzene rings is 2. The van der Waals surface area contributed by atoms with E-state index in [0.29, 0.717) is 23.6 Å². The molecule has 6 nitrogen and oxygen atoms in total. The van der Waals surface area contributed by atoms with Gasteiger partial charge in [0.2, 0.25) is 5.76 Å². The van der Waals surface area contributed by atoms with Gasteiger partial charge in [0.1, 0.15) is 5.69 Å². The minimum Gasteiger partial charge on any atom is -0.490 e. The van der Waals surface area contributed by atoms with E-state index >= 15 is 0 Å². The van der Waals surface area contributed by atoms with Crippen molar-refractivity contribution in [3.05, 3.63) is 65.4 Å². The van der Waals surface area contributed by atoms with Crippen molar-refractivity contribution < 1.29 is 18.8 Å². The monoisotopic (exact) mass is 348 g/mol. The van der Waals surface area contributed by atoms with Gasteiger partial charge in [0.25, 0.3) is 0 Å². The standard InChI is InChI=1S/C20H16N2O4/c1-3-24-18-10-14(12-21)6-9-17(18)25-20(23)19-11-16(22-26-19)15-7-4-13(2)5-8-15/h4-11H,3H2,1-2H3.